The average molecular weight is 312 g/mol. The molecule has 1 fully saturated rings. The van der Waals surface area contributed by atoms with Crippen LogP contribution in [0, 0.1) is 5.92 Å². The van der Waals surface area contributed by atoms with Crippen molar-refractivity contribution < 1.29 is 8.78 Å². The van der Waals surface area contributed by atoms with Gasteiger partial charge in [0, 0.05) is 5.56 Å². The van der Waals surface area contributed by atoms with Gasteiger partial charge in [0.05, 0.1) is 0 Å². The molecule has 1 aliphatic rings. The largest absolute Gasteiger partial charge is 0.316 e. The zero-order valence-corrected chi connectivity index (χ0v) is 13.7. The van der Waals surface area contributed by atoms with Gasteiger partial charge in [-0.2, -0.15) is 8.78 Å². The molecular formula is C18H26F2S. The molecule has 0 atom stereocenters. The Hall–Kier alpha value is -0.570. The van der Waals surface area contributed by atoms with Crippen molar-refractivity contribution in [1.29, 1.82) is 0 Å². The lowest BCUT2D eigenvalue weighted by molar-refractivity contribution is 0.108. The van der Waals surface area contributed by atoms with E-state index in [-0.39, 0.29) is 5.56 Å². The molecule has 21 heavy (non-hydrogen) atoms. The summed E-state index contributed by atoms with van der Waals surface area (Å²) in [6, 6.07) is 6.77. The van der Waals surface area contributed by atoms with Crippen LogP contribution in [-0.4, -0.2) is 0 Å². The van der Waals surface area contributed by atoms with E-state index in [9.17, 15) is 8.78 Å². The molecule has 0 heterocycles. The van der Waals surface area contributed by atoms with Gasteiger partial charge in [-0.15, -0.1) is 12.6 Å². The van der Waals surface area contributed by atoms with Crippen LogP contribution in [0.5, 0.6) is 0 Å². The smallest absolute Gasteiger partial charge is 0.189 e. The maximum atomic E-state index is 13.1. The van der Waals surface area contributed by atoms with E-state index in [1.807, 2.05) is 12.1 Å². The van der Waals surface area contributed by atoms with Crippen molar-refractivity contribution in [2.45, 2.75) is 69.5 Å². The Morgan fingerprint density at radius 1 is 1.05 bits per heavy atom. The summed E-state index contributed by atoms with van der Waals surface area (Å²) < 4.78 is 26.2. The van der Waals surface area contributed by atoms with Gasteiger partial charge in [0.25, 0.3) is 0 Å². The third-order valence-corrected chi connectivity index (χ3v) is 5.05. The van der Waals surface area contributed by atoms with Gasteiger partial charge in [-0.3, -0.25) is 0 Å². The van der Waals surface area contributed by atoms with Crippen molar-refractivity contribution in [2.75, 3.05) is 0 Å². The predicted molar refractivity (Wildman–Crippen MR) is 88.2 cm³/mol. The molecule has 1 saturated carbocycles. The third-order valence-electron chi connectivity index (χ3n) is 4.79. The highest BCUT2D eigenvalue weighted by molar-refractivity contribution is 7.81. The number of alkyl halides is 2. The van der Waals surface area contributed by atoms with Crippen LogP contribution in [-0.2, 0) is 5.25 Å². The molecule has 1 aliphatic carbocycles. The van der Waals surface area contributed by atoms with Gasteiger partial charge in [0.1, 0.15) is 0 Å². The summed E-state index contributed by atoms with van der Waals surface area (Å²) in [5, 5.41) is -3.03. The van der Waals surface area contributed by atoms with Crippen LogP contribution in [0.3, 0.4) is 0 Å². The van der Waals surface area contributed by atoms with Crippen LogP contribution in [0.15, 0.2) is 24.3 Å². The first-order valence-electron chi connectivity index (χ1n) is 8.21. The first-order valence-corrected chi connectivity index (χ1v) is 8.66. The topological polar surface area (TPSA) is 0 Å². The SMILES string of the molecule is CCCCCC1CCC(c2ccc(C(F)(F)S)cc2)CC1. The van der Waals surface area contributed by atoms with Crippen LogP contribution in [0.25, 0.3) is 0 Å². The lowest BCUT2D eigenvalue weighted by Gasteiger charge is -2.29. The lowest BCUT2D eigenvalue weighted by Crippen LogP contribution is -2.13. The highest BCUT2D eigenvalue weighted by atomic mass is 32.1. The Bertz CT molecular complexity index is 414. The molecule has 1 aromatic carbocycles. The van der Waals surface area contributed by atoms with E-state index in [1.54, 1.807) is 0 Å². The maximum absolute atomic E-state index is 13.1. The molecule has 0 bridgehead atoms. The van der Waals surface area contributed by atoms with Crippen molar-refractivity contribution >= 4 is 12.6 Å². The fraction of sp³-hybridized carbons (Fsp3) is 0.667. The zero-order valence-electron chi connectivity index (χ0n) is 12.8. The van der Waals surface area contributed by atoms with Crippen molar-refractivity contribution in [2.24, 2.45) is 5.92 Å². The van der Waals surface area contributed by atoms with Crippen molar-refractivity contribution in [1.82, 2.24) is 0 Å². The molecule has 2 rings (SSSR count). The molecule has 0 saturated heterocycles. The van der Waals surface area contributed by atoms with Gasteiger partial charge >= 0.3 is 5.25 Å². The standard InChI is InChI=1S/C18H26F2S/c1-2-3-4-5-14-6-8-15(9-7-14)16-10-12-17(13-11-16)18(19,20)21/h10-15,21H,2-9H2,1H3. The zero-order chi connectivity index (χ0) is 15.3. The van der Waals surface area contributed by atoms with Crippen molar-refractivity contribution in [3.8, 4) is 0 Å². The molecule has 118 valence electrons. The van der Waals surface area contributed by atoms with Crippen molar-refractivity contribution in [3.05, 3.63) is 35.4 Å². The van der Waals surface area contributed by atoms with Gasteiger partial charge in [-0.1, -0.05) is 56.9 Å². The molecule has 0 N–H and O–H groups in total. The average Bonchev–Trinajstić information content (AvgIpc) is 2.48. The summed E-state index contributed by atoms with van der Waals surface area (Å²) in [6.45, 7) is 2.24. The minimum absolute atomic E-state index is 0.0113. The number of benzene rings is 1. The Morgan fingerprint density at radius 3 is 2.19 bits per heavy atom. The van der Waals surface area contributed by atoms with Crippen LogP contribution >= 0.6 is 12.6 Å². The fourth-order valence-electron chi connectivity index (χ4n) is 3.42. The maximum Gasteiger partial charge on any atom is 0.316 e. The number of unbranched alkanes of at least 4 members (excludes halogenated alkanes) is 2. The summed E-state index contributed by atoms with van der Waals surface area (Å²) in [5.41, 5.74) is 1.20. The summed E-state index contributed by atoms with van der Waals surface area (Å²) in [4.78, 5) is 0. The molecular weight excluding hydrogens is 286 g/mol. The number of halogens is 2. The van der Waals surface area contributed by atoms with Gasteiger partial charge in [0.15, 0.2) is 0 Å². The van der Waals surface area contributed by atoms with Crippen molar-refractivity contribution in [3.63, 3.8) is 0 Å². The normalized spacial score (nSPS) is 23.2. The molecule has 0 spiro atoms. The Balaban J connectivity index is 1.85. The molecule has 0 unspecified atom stereocenters. The van der Waals surface area contributed by atoms with Gasteiger partial charge in [-0.05, 0) is 43.1 Å². The monoisotopic (exact) mass is 312 g/mol. The number of rotatable bonds is 6. The highest BCUT2D eigenvalue weighted by Crippen LogP contribution is 2.39. The minimum atomic E-state index is -3.03. The molecule has 0 amide bonds. The molecule has 0 nitrogen and oxygen atoms in total. The van der Waals surface area contributed by atoms with E-state index in [4.69, 9.17) is 0 Å². The molecule has 1 aromatic rings. The number of thiol groups is 1. The van der Waals surface area contributed by atoms with Crippen LogP contribution in [0.1, 0.15) is 75.3 Å². The second-order valence-electron chi connectivity index (χ2n) is 6.38. The Kier molecular flexibility index (Phi) is 6.09. The van der Waals surface area contributed by atoms with E-state index < -0.39 is 5.25 Å². The summed E-state index contributed by atoms with van der Waals surface area (Å²) in [7, 11) is 0. The van der Waals surface area contributed by atoms with Crippen LogP contribution in [0.4, 0.5) is 8.78 Å². The van der Waals surface area contributed by atoms with E-state index >= 15 is 0 Å². The molecule has 3 heteroatoms. The van der Waals surface area contributed by atoms with E-state index in [0.29, 0.717) is 5.92 Å². The Labute approximate surface area is 132 Å². The first kappa shape index (κ1) is 16.8. The quantitative estimate of drug-likeness (QED) is 0.448. The number of hydrogen-bond acceptors (Lipinski definition) is 1. The minimum Gasteiger partial charge on any atom is -0.189 e. The van der Waals surface area contributed by atoms with Gasteiger partial charge in [0.2, 0.25) is 0 Å². The van der Waals surface area contributed by atoms with Gasteiger partial charge in [-0.25, -0.2) is 0 Å². The molecule has 0 radical (unpaired) electrons. The Morgan fingerprint density at radius 2 is 1.67 bits per heavy atom. The summed E-state index contributed by atoms with van der Waals surface area (Å²) >= 11 is 3.32. The highest BCUT2D eigenvalue weighted by Gasteiger charge is 2.26. The lowest BCUT2D eigenvalue weighted by atomic mass is 9.77. The fourth-order valence-corrected chi connectivity index (χ4v) is 3.57. The molecule has 0 aliphatic heterocycles. The number of hydrogen-bond donors (Lipinski definition) is 1. The van der Waals surface area contributed by atoms with E-state index in [2.05, 4.69) is 19.6 Å². The second-order valence-corrected chi connectivity index (χ2v) is 6.94. The first-order chi connectivity index (χ1) is 10.0. The summed E-state index contributed by atoms with van der Waals surface area (Å²) in [6.07, 6.45) is 10.3. The van der Waals surface area contributed by atoms with Crippen LogP contribution in [0.2, 0.25) is 0 Å². The van der Waals surface area contributed by atoms with Gasteiger partial charge < -0.3 is 0 Å². The van der Waals surface area contributed by atoms with E-state index in [1.165, 1.54) is 69.1 Å². The summed E-state index contributed by atoms with van der Waals surface area (Å²) in [5.74, 6) is 1.43. The molecule has 0 aromatic heterocycles. The predicted octanol–water partition coefficient (Wildman–Crippen LogP) is 6.52. The van der Waals surface area contributed by atoms with E-state index in [0.717, 1.165) is 5.92 Å². The second kappa shape index (κ2) is 7.62. The third kappa shape index (κ3) is 4.98. The van der Waals surface area contributed by atoms with Crippen LogP contribution < -0.4 is 0 Å².